The summed E-state index contributed by atoms with van der Waals surface area (Å²) in [5, 5.41) is 8.14. The summed E-state index contributed by atoms with van der Waals surface area (Å²) in [5.74, 6) is -0.0121. The second-order valence-electron chi connectivity index (χ2n) is 7.65. The highest BCUT2D eigenvalue weighted by molar-refractivity contribution is 7.10. The molecule has 0 bridgehead atoms. The van der Waals surface area contributed by atoms with Crippen molar-refractivity contribution in [3.8, 4) is 0 Å². The molecule has 0 atom stereocenters. The average Bonchev–Trinajstić information content (AvgIpc) is 3.31. The van der Waals surface area contributed by atoms with Gasteiger partial charge in [-0.15, -0.1) is 11.3 Å². The van der Waals surface area contributed by atoms with Gasteiger partial charge in [0.1, 0.15) is 0 Å². The molecule has 1 aromatic carbocycles. The first-order valence-electron chi connectivity index (χ1n) is 10.5. The maximum Gasteiger partial charge on any atom is 0.253 e. The first-order valence-corrected chi connectivity index (χ1v) is 11.4. The molecule has 2 aromatic heterocycles. The topological polar surface area (TPSA) is 74.3 Å². The van der Waals surface area contributed by atoms with Gasteiger partial charge in [0.05, 0.1) is 12.0 Å². The minimum atomic E-state index is -0.0918. The molecule has 3 aromatic rings. The molecule has 1 fully saturated rings. The van der Waals surface area contributed by atoms with Crippen molar-refractivity contribution >= 4 is 28.8 Å². The number of hydrogen-bond acceptors (Lipinski definition) is 5. The Morgan fingerprint density at radius 3 is 2.65 bits per heavy atom. The number of para-hydroxylation sites is 1. The maximum absolute atomic E-state index is 12.8. The molecular formula is C24H26N4O2S. The molecule has 1 saturated heterocycles. The first kappa shape index (κ1) is 21.1. The van der Waals surface area contributed by atoms with Crippen LogP contribution in [0.25, 0.3) is 0 Å². The van der Waals surface area contributed by atoms with E-state index >= 15 is 0 Å². The number of anilines is 1. The normalized spacial score (nSPS) is 14.3. The van der Waals surface area contributed by atoms with Gasteiger partial charge in [-0.1, -0.05) is 24.3 Å². The lowest BCUT2D eigenvalue weighted by Gasteiger charge is -2.35. The fourth-order valence-corrected chi connectivity index (χ4v) is 4.54. The van der Waals surface area contributed by atoms with Crippen molar-refractivity contribution in [2.24, 2.45) is 0 Å². The lowest BCUT2D eigenvalue weighted by molar-refractivity contribution is -0.121. The third kappa shape index (κ3) is 5.70. The van der Waals surface area contributed by atoms with Crippen LogP contribution in [0, 0.1) is 0 Å². The van der Waals surface area contributed by atoms with Gasteiger partial charge in [0.25, 0.3) is 5.91 Å². The quantitative estimate of drug-likeness (QED) is 0.598. The zero-order valence-corrected chi connectivity index (χ0v) is 18.1. The van der Waals surface area contributed by atoms with Crippen molar-refractivity contribution in [3.63, 3.8) is 0 Å². The van der Waals surface area contributed by atoms with Crippen molar-refractivity contribution in [3.05, 3.63) is 82.3 Å². The Labute approximate surface area is 186 Å². The number of nitrogens with one attached hydrogen (secondary N) is 2. The molecule has 0 unspecified atom stereocenters. The van der Waals surface area contributed by atoms with Crippen LogP contribution in [0.15, 0.2) is 66.3 Å². The standard InChI is InChI=1S/C24H26N4O2S/c29-23(15-20-6-4-14-31-20)27-19-9-12-28(13-10-19)22-8-2-1-7-21(22)24(30)26-17-18-5-3-11-25-16-18/h1-8,11,14,16,19H,9-10,12-13,15,17H2,(H,26,30)(H,27,29). The molecule has 0 saturated carbocycles. The Morgan fingerprint density at radius 1 is 1.06 bits per heavy atom. The number of carbonyl (C=O) groups is 2. The third-order valence-electron chi connectivity index (χ3n) is 5.44. The van der Waals surface area contributed by atoms with Crippen LogP contribution in [-0.2, 0) is 17.8 Å². The van der Waals surface area contributed by atoms with Gasteiger partial charge in [-0.05, 0) is 48.1 Å². The Bertz CT molecular complexity index is 999. The van der Waals surface area contributed by atoms with Crippen LogP contribution in [0.4, 0.5) is 5.69 Å². The summed E-state index contributed by atoms with van der Waals surface area (Å²) < 4.78 is 0. The van der Waals surface area contributed by atoms with Gasteiger partial charge < -0.3 is 15.5 Å². The monoisotopic (exact) mass is 434 g/mol. The van der Waals surface area contributed by atoms with E-state index in [9.17, 15) is 9.59 Å². The van der Waals surface area contributed by atoms with E-state index in [1.54, 1.807) is 23.7 Å². The molecule has 6 nitrogen and oxygen atoms in total. The summed E-state index contributed by atoms with van der Waals surface area (Å²) in [6, 6.07) is 15.6. The SMILES string of the molecule is O=C(Cc1cccs1)NC1CCN(c2ccccc2C(=O)NCc2cccnc2)CC1. The van der Waals surface area contributed by atoms with E-state index in [0.29, 0.717) is 18.5 Å². The van der Waals surface area contributed by atoms with Crippen LogP contribution >= 0.6 is 11.3 Å². The van der Waals surface area contributed by atoms with E-state index in [2.05, 4.69) is 20.5 Å². The van der Waals surface area contributed by atoms with Gasteiger partial charge in [-0.25, -0.2) is 0 Å². The summed E-state index contributed by atoms with van der Waals surface area (Å²) in [6.45, 7) is 2.05. The molecule has 3 heterocycles. The summed E-state index contributed by atoms with van der Waals surface area (Å²) in [6.07, 6.45) is 5.64. The summed E-state index contributed by atoms with van der Waals surface area (Å²) in [7, 11) is 0. The zero-order valence-electron chi connectivity index (χ0n) is 17.3. The Morgan fingerprint density at radius 2 is 1.90 bits per heavy atom. The van der Waals surface area contributed by atoms with E-state index < -0.39 is 0 Å². The maximum atomic E-state index is 12.8. The Balaban J connectivity index is 1.32. The molecule has 2 amide bonds. The largest absolute Gasteiger partial charge is 0.371 e. The highest BCUT2D eigenvalue weighted by Gasteiger charge is 2.23. The molecule has 1 aliphatic rings. The number of thiophene rings is 1. The van der Waals surface area contributed by atoms with Crippen LogP contribution in [0.2, 0.25) is 0 Å². The number of rotatable bonds is 7. The number of nitrogens with zero attached hydrogens (tertiary/aromatic N) is 2. The second kappa shape index (κ2) is 10.2. The number of carbonyl (C=O) groups excluding carboxylic acids is 2. The molecule has 7 heteroatoms. The molecule has 160 valence electrons. The van der Waals surface area contributed by atoms with Crippen molar-refractivity contribution in [2.75, 3.05) is 18.0 Å². The van der Waals surface area contributed by atoms with Gasteiger partial charge in [0.2, 0.25) is 5.91 Å². The van der Waals surface area contributed by atoms with E-state index in [4.69, 9.17) is 0 Å². The summed E-state index contributed by atoms with van der Waals surface area (Å²) >= 11 is 1.61. The lowest BCUT2D eigenvalue weighted by Crippen LogP contribution is -2.45. The third-order valence-corrected chi connectivity index (χ3v) is 6.32. The fraction of sp³-hybridized carbons (Fsp3) is 0.292. The first-order chi connectivity index (χ1) is 15.2. The molecule has 4 rings (SSSR count). The number of aromatic nitrogens is 1. The Hall–Kier alpha value is -3.19. The average molecular weight is 435 g/mol. The van der Waals surface area contributed by atoms with Crippen molar-refractivity contribution < 1.29 is 9.59 Å². The van der Waals surface area contributed by atoms with Gasteiger partial charge in [-0.2, -0.15) is 0 Å². The van der Waals surface area contributed by atoms with E-state index in [-0.39, 0.29) is 17.9 Å². The van der Waals surface area contributed by atoms with Gasteiger partial charge in [0, 0.05) is 48.6 Å². The van der Waals surface area contributed by atoms with Gasteiger partial charge in [0.15, 0.2) is 0 Å². The minimum Gasteiger partial charge on any atom is -0.371 e. The van der Waals surface area contributed by atoms with Gasteiger partial charge >= 0.3 is 0 Å². The molecule has 2 N–H and O–H groups in total. The number of piperidine rings is 1. The molecule has 1 aliphatic heterocycles. The molecular weight excluding hydrogens is 408 g/mol. The molecule has 31 heavy (non-hydrogen) atoms. The van der Waals surface area contributed by atoms with Crippen LogP contribution in [-0.4, -0.2) is 35.9 Å². The van der Waals surface area contributed by atoms with E-state index in [1.165, 1.54) is 0 Å². The highest BCUT2D eigenvalue weighted by atomic mass is 32.1. The van der Waals surface area contributed by atoms with Crippen molar-refractivity contribution in [1.29, 1.82) is 0 Å². The van der Waals surface area contributed by atoms with Crippen LogP contribution in [0.5, 0.6) is 0 Å². The number of hydrogen-bond donors (Lipinski definition) is 2. The number of pyridine rings is 1. The highest BCUT2D eigenvalue weighted by Crippen LogP contribution is 2.24. The van der Waals surface area contributed by atoms with Crippen LogP contribution in [0.1, 0.15) is 33.6 Å². The summed E-state index contributed by atoms with van der Waals surface area (Å²) in [4.78, 5) is 32.5. The van der Waals surface area contributed by atoms with Gasteiger partial charge in [-0.3, -0.25) is 14.6 Å². The van der Waals surface area contributed by atoms with Crippen molar-refractivity contribution in [2.45, 2.75) is 31.8 Å². The summed E-state index contributed by atoms with van der Waals surface area (Å²) in [5.41, 5.74) is 2.58. The fourth-order valence-electron chi connectivity index (χ4n) is 3.84. The van der Waals surface area contributed by atoms with Crippen molar-refractivity contribution in [1.82, 2.24) is 15.6 Å². The molecule has 0 aliphatic carbocycles. The number of benzene rings is 1. The lowest BCUT2D eigenvalue weighted by atomic mass is 10.0. The minimum absolute atomic E-state index is 0.0797. The molecule has 0 spiro atoms. The smallest absolute Gasteiger partial charge is 0.253 e. The second-order valence-corrected chi connectivity index (χ2v) is 8.68. The zero-order chi connectivity index (χ0) is 21.5. The molecule has 0 radical (unpaired) electrons. The van der Waals surface area contributed by atoms with E-state index in [0.717, 1.165) is 42.1 Å². The number of amides is 2. The Kier molecular flexibility index (Phi) is 6.94. The van der Waals surface area contributed by atoms with Crippen LogP contribution in [0.3, 0.4) is 0 Å². The van der Waals surface area contributed by atoms with E-state index in [1.807, 2.05) is 53.9 Å². The van der Waals surface area contributed by atoms with Crippen LogP contribution < -0.4 is 15.5 Å². The predicted molar refractivity (Wildman–Crippen MR) is 123 cm³/mol. The predicted octanol–water partition coefficient (Wildman–Crippen LogP) is 3.40.